The van der Waals surface area contributed by atoms with Gasteiger partial charge in [0.15, 0.2) is 0 Å². The Morgan fingerprint density at radius 1 is 1.43 bits per heavy atom. The number of aliphatic hydroxyl groups excluding tert-OH is 1. The van der Waals surface area contributed by atoms with Gasteiger partial charge in [-0.2, -0.15) is 0 Å². The number of anilines is 1. The van der Waals surface area contributed by atoms with Crippen molar-refractivity contribution in [2.75, 3.05) is 11.9 Å². The molecule has 0 amide bonds. The van der Waals surface area contributed by atoms with E-state index in [0.717, 1.165) is 18.5 Å². The fourth-order valence-corrected chi connectivity index (χ4v) is 1.44. The zero-order valence-corrected chi connectivity index (χ0v) is 9.20. The summed E-state index contributed by atoms with van der Waals surface area (Å²) in [5, 5.41) is 9.42. The highest BCUT2D eigenvalue weighted by Gasteiger charge is 2.05. The van der Waals surface area contributed by atoms with Crippen LogP contribution in [0.4, 0.5) is 5.69 Å². The van der Waals surface area contributed by atoms with Crippen LogP contribution in [-0.4, -0.2) is 18.4 Å². The van der Waals surface area contributed by atoms with Gasteiger partial charge in [0.05, 0.1) is 0 Å². The van der Waals surface area contributed by atoms with E-state index in [0.29, 0.717) is 0 Å². The molecule has 0 saturated heterocycles. The Morgan fingerprint density at radius 3 is 2.71 bits per heavy atom. The molecule has 0 radical (unpaired) electrons. The molecule has 2 nitrogen and oxygen atoms in total. The molecular weight excluding hydrogens is 174 g/mol. The summed E-state index contributed by atoms with van der Waals surface area (Å²) in [5.74, 6) is 0. The van der Waals surface area contributed by atoms with Crippen molar-refractivity contribution in [3.8, 4) is 0 Å². The lowest BCUT2D eigenvalue weighted by Gasteiger charge is -2.22. The molecule has 0 heterocycles. The Hall–Kier alpha value is -1.02. The van der Waals surface area contributed by atoms with E-state index in [4.69, 9.17) is 0 Å². The first-order valence-electron chi connectivity index (χ1n) is 5.15. The van der Waals surface area contributed by atoms with Gasteiger partial charge in [-0.15, -0.1) is 0 Å². The van der Waals surface area contributed by atoms with E-state index < -0.39 is 6.23 Å². The number of rotatable bonds is 4. The van der Waals surface area contributed by atoms with Crippen LogP contribution in [0.1, 0.15) is 25.8 Å². The van der Waals surface area contributed by atoms with Crippen molar-refractivity contribution >= 4 is 5.69 Å². The number of aliphatic hydroxyl groups is 1. The van der Waals surface area contributed by atoms with Crippen LogP contribution in [0.3, 0.4) is 0 Å². The Balaban J connectivity index is 2.82. The standard InChI is InChI=1S/C12H19NO/c1-4-6-11-7-5-8-12(9-11)13(3)10(2)14/h5,7-10,14H,4,6H2,1-3H3. The molecule has 0 fully saturated rings. The van der Waals surface area contributed by atoms with E-state index in [1.54, 1.807) is 6.92 Å². The van der Waals surface area contributed by atoms with Crippen LogP contribution in [0.5, 0.6) is 0 Å². The average molecular weight is 193 g/mol. The lowest BCUT2D eigenvalue weighted by atomic mass is 10.1. The molecule has 1 rings (SSSR count). The summed E-state index contributed by atoms with van der Waals surface area (Å²) >= 11 is 0. The zero-order chi connectivity index (χ0) is 10.6. The van der Waals surface area contributed by atoms with E-state index >= 15 is 0 Å². The van der Waals surface area contributed by atoms with Gasteiger partial charge in [0.1, 0.15) is 6.23 Å². The fraction of sp³-hybridized carbons (Fsp3) is 0.500. The van der Waals surface area contributed by atoms with Crippen molar-refractivity contribution in [3.05, 3.63) is 29.8 Å². The SMILES string of the molecule is CCCc1cccc(N(C)C(C)O)c1. The van der Waals surface area contributed by atoms with E-state index in [-0.39, 0.29) is 0 Å². The predicted molar refractivity (Wildman–Crippen MR) is 60.5 cm³/mol. The molecule has 1 atom stereocenters. The maximum atomic E-state index is 9.42. The van der Waals surface area contributed by atoms with Crippen molar-refractivity contribution in [1.82, 2.24) is 0 Å². The van der Waals surface area contributed by atoms with E-state index in [1.807, 2.05) is 24.1 Å². The van der Waals surface area contributed by atoms with Gasteiger partial charge in [0, 0.05) is 12.7 Å². The van der Waals surface area contributed by atoms with Crippen molar-refractivity contribution in [1.29, 1.82) is 0 Å². The molecule has 0 saturated carbocycles. The molecule has 0 spiro atoms. The molecule has 0 aromatic heterocycles. The van der Waals surface area contributed by atoms with Gasteiger partial charge in [0.25, 0.3) is 0 Å². The normalized spacial score (nSPS) is 12.6. The minimum absolute atomic E-state index is 0.438. The van der Waals surface area contributed by atoms with Gasteiger partial charge in [0.2, 0.25) is 0 Å². The highest BCUT2D eigenvalue weighted by molar-refractivity contribution is 5.48. The van der Waals surface area contributed by atoms with Crippen molar-refractivity contribution in [3.63, 3.8) is 0 Å². The van der Waals surface area contributed by atoms with E-state index in [1.165, 1.54) is 5.56 Å². The number of benzene rings is 1. The first-order chi connectivity index (χ1) is 6.65. The highest BCUT2D eigenvalue weighted by atomic mass is 16.3. The topological polar surface area (TPSA) is 23.5 Å². The van der Waals surface area contributed by atoms with Crippen LogP contribution >= 0.6 is 0 Å². The smallest absolute Gasteiger partial charge is 0.123 e. The third-order valence-corrected chi connectivity index (χ3v) is 2.42. The van der Waals surface area contributed by atoms with Crippen LogP contribution in [-0.2, 0) is 6.42 Å². The second-order valence-electron chi connectivity index (χ2n) is 3.66. The molecular formula is C12H19NO. The maximum absolute atomic E-state index is 9.42. The molecule has 0 aliphatic rings. The molecule has 1 aromatic carbocycles. The van der Waals surface area contributed by atoms with Crippen LogP contribution < -0.4 is 4.90 Å². The Bertz CT molecular complexity index is 283. The molecule has 0 aliphatic carbocycles. The first-order valence-corrected chi connectivity index (χ1v) is 5.15. The quantitative estimate of drug-likeness (QED) is 0.742. The number of nitrogens with zero attached hydrogens (tertiary/aromatic N) is 1. The molecule has 1 N–H and O–H groups in total. The number of hydrogen-bond donors (Lipinski definition) is 1. The summed E-state index contributed by atoms with van der Waals surface area (Å²) in [7, 11) is 1.90. The summed E-state index contributed by atoms with van der Waals surface area (Å²) in [6, 6.07) is 8.32. The van der Waals surface area contributed by atoms with Gasteiger partial charge in [-0.25, -0.2) is 0 Å². The van der Waals surface area contributed by atoms with Crippen molar-refractivity contribution in [2.24, 2.45) is 0 Å². The van der Waals surface area contributed by atoms with Crippen molar-refractivity contribution in [2.45, 2.75) is 32.9 Å². The van der Waals surface area contributed by atoms with Gasteiger partial charge in [-0.3, -0.25) is 0 Å². The van der Waals surface area contributed by atoms with Crippen LogP contribution in [0.2, 0.25) is 0 Å². The summed E-state index contributed by atoms with van der Waals surface area (Å²) in [4.78, 5) is 1.86. The summed E-state index contributed by atoms with van der Waals surface area (Å²) in [6.07, 6.45) is 1.82. The fourth-order valence-electron chi connectivity index (χ4n) is 1.44. The third kappa shape index (κ3) is 2.74. The predicted octanol–water partition coefficient (Wildman–Crippen LogP) is 2.41. The molecule has 0 bridgehead atoms. The number of hydrogen-bond acceptors (Lipinski definition) is 2. The summed E-state index contributed by atoms with van der Waals surface area (Å²) < 4.78 is 0. The average Bonchev–Trinajstić information content (AvgIpc) is 2.17. The van der Waals surface area contributed by atoms with Crippen LogP contribution in [0.15, 0.2) is 24.3 Å². The highest BCUT2D eigenvalue weighted by Crippen LogP contribution is 2.17. The Kier molecular flexibility index (Phi) is 3.96. The number of aryl methyl sites for hydroxylation is 1. The maximum Gasteiger partial charge on any atom is 0.123 e. The minimum Gasteiger partial charge on any atom is -0.374 e. The monoisotopic (exact) mass is 193 g/mol. The lowest BCUT2D eigenvalue weighted by Crippen LogP contribution is -2.28. The van der Waals surface area contributed by atoms with E-state index in [9.17, 15) is 5.11 Å². The second kappa shape index (κ2) is 5.01. The lowest BCUT2D eigenvalue weighted by molar-refractivity contribution is 0.195. The zero-order valence-electron chi connectivity index (χ0n) is 9.20. The summed E-state index contributed by atoms with van der Waals surface area (Å²) in [6.45, 7) is 3.94. The van der Waals surface area contributed by atoms with Gasteiger partial charge in [-0.1, -0.05) is 25.5 Å². The van der Waals surface area contributed by atoms with Crippen LogP contribution in [0.25, 0.3) is 0 Å². The van der Waals surface area contributed by atoms with Gasteiger partial charge in [-0.05, 0) is 31.0 Å². The van der Waals surface area contributed by atoms with Crippen molar-refractivity contribution < 1.29 is 5.11 Å². The minimum atomic E-state index is -0.438. The van der Waals surface area contributed by atoms with Gasteiger partial charge >= 0.3 is 0 Å². The molecule has 78 valence electrons. The van der Waals surface area contributed by atoms with Crippen LogP contribution in [0, 0.1) is 0 Å². The Labute approximate surface area is 86.2 Å². The molecule has 1 aromatic rings. The largest absolute Gasteiger partial charge is 0.374 e. The molecule has 0 aliphatic heterocycles. The summed E-state index contributed by atoms with van der Waals surface area (Å²) in [5.41, 5.74) is 2.41. The first kappa shape index (κ1) is 11.1. The Morgan fingerprint density at radius 2 is 2.14 bits per heavy atom. The van der Waals surface area contributed by atoms with E-state index in [2.05, 4.69) is 19.1 Å². The molecule has 2 heteroatoms. The molecule has 1 unspecified atom stereocenters. The third-order valence-electron chi connectivity index (χ3n) is 2.42. The second-order valence-corrected chi connectivity index (χ2v) is 3.66. The molecule has 14 heavy (non-hydrogen) atoms. The van der Waals surface area contributed by atoms with Gasteiger partial charge < -0.3 is 10.0 Å².